The molecule has 0 radical (unpaired) electrons. The van der Waals surface area contributed by atoms with Gasteiger partial charge in [0.25, 0.3) is 5.91 Å². The summed E-state index contributed by atoms with van der Waals surface area (Å²) in [5.74, 6) is 0.589. The molecule has 4 N–H and O–H groups in total. The van der Waals surface area contributed by atoms with Gasteiger partial charge in [-0.25, -0.2) is 0 Å². The molecule has 7 nitrogen and oxygen atoms in total. The maximum Gasteiger partial charge on any atom is 0.289 e. The van der Waals surface area contributed by atoms with Gasteiger partial charge in [-0.1, -0.05) is 12.1 Å². The number of nitrogens with one attached hydrogen (secondary N) is 2. The number of nitrogens with zero attached hydrogens (tertiary/aromatic N) is 2. The molecule has 0 saturated heterocycles. The van der Waals surface area contributed by atoms with Crippen LogP contribution in [0.3, 0.4) is 0 Å². The maximum absolute atomic E-state index is 11.9. The first kappa shape index (κ1) is 14.8. The lowest BCUT2D eigenvalue weighted by molar-refractivity contribution is 0.0930. The Morgan fingerprint density at radius 2 is 1.95 bits per heavy atom. The van der Waals surface area contributed by atoms with Crippen molar-refractivity contribution in [2.45, 2.75) is 32.9 Å². The van der Waals surface area contributed by atoms with Crippen LogP contribution in [0.2, 0.25) is 0 Å². The number of hydrogen-bond donors (Lipinski definition) is 3. The highest BCUT2D eigenvalue weighted by molar-refractivity contribution is 5.90. The van der Waals surface area contributed by atoms with E-state index in [1.807, 2.05) is 45.0 Å². The van der Waals surface area contributed by atoms with Crippen molar-refractivity contribution in [3.8, 4) is 5.75 Å². The lowest BCUT2D eigenvalue weighted by Crippen LogP contribution is -2.27. The van der Waals surface area contributed by atoms with Crippen LogP contribution >= 0.6 is 0 Å². The molecule has 1 aromatic heterocycles. The summed E-state index contributed by atoms with van der Waals surface area (Å²) in [5.41, 5.74) is 6.33. The number of carbonyl (C=O) groups excluding carboxylic acids is 1. The molecule has 1 heterocycles. The molecule has 1 unspecified atom stereocenters. The van der Waals surface area contributed by atoms with Gasteiger partial charge in [0.15, 0.2) is 0 Å². The number of hydrogen-bond acceptors (Lipinski definition) is 5. The van der Waals surface area contributed by atoms with Crippen molar-refractivity contribution in [1.82, 2.24) is 20.5 Å². The first-order valence-electron chi connectivity index (χ1n) is 6.71. The number of benzene rings is 1. The Balaban J connectivity index is 1.99. The molecule has 1 aromatic carbocycles. The summed E-state index contributed by atoms with van der Waals surface area (Å²) in [7, 11) is 0. The van der Waals surface area contributed by atoms with Crippen molar-refractivity contribution < 1.29 is 9.53 Å². The Morgan fingerprint density at radius 3 is 2.48 bits per heavy atom. The SMILES string of the molecule is CC(C)Oc1ccc(C(C)NC(=O)c2nc(N)n[nH]2)cc1. The van der Waals surface area contributed by atoms with Gasteiger partial charge in [0, 0.05) is 0 Å². The van der Waals surface area contributed by atoms with Crippen molar-refractivity contribution >= 4 is 11.9 Å². The first-order chi connectivity index (χ1) is 9.95. The number of aromatic amines is 1. The van der Waals surface area contributed by atoms with Crippen LogP contribution in [0.15, 0.2) is 24.3 Å². The summed E-state index contributed by atoms with van der Waals surface area (Å²) >= 11 is 0. The highest BCUT2D eigenvalue weighted by Crippen LogP contribution is 2.18. The minimum Gasteiger partial charge on any atom is -0.491 e. The van der Waals surface area contributed by atoms with E-state index in [4.69, 9.17) is 10.5 Å². The topological polar surface area (TPSA) is 106 Å². The average molecular weight is 289 g/mol. The van der Waals surface area contributed by atoms with E-state index in [9.17, 15) is 4.79 Å². The van der Waals surface area contributed by atoms with Gasteiger partial charge in [0.1, 0.15) is 5.75 Å². The lowest BCUT2D eigenvalue weighted by Gasteiger charge is -2.15. The van der Waals surface area contributed by atoms with Gasteiger partial charge in [-0.2, -0.15) is 4.98 Å². The second-order valence-corrected chi connectivity index (χ2v) is 4.97. The zero-order valence-electron chi connectivity index (χ0n) is 12.3. The fourth-order valence-electron chi connectivity index (χ4n) is 1.83. The quantitative estimate of drug-likeness (QED) is 0.776. The van der Waals surface area contributed by atoms with E-state index in [0.717, 1.165) is 11.3 Å². The number of carbonyl (C=O) groups is 1. The molecule has 21 heavy (non-hydrogen) atoms. The molecule has 0 saturated carbocycles. The van der Waals surface area contributed by atoms with Crippen LogP contribution in [-0.4, -0.2) is 27.2 Å². The van der Waals surface area contributed by atoms with Crippen LogP contribution in [0.1, 0.15) is 43.0 Å². The molecule has 1 amide bonds. The Bertz CT molecular complexity index is 606. The van der Waals surface area contributed by atoms with Gasteiger partial charge in [0.05, 0.1) is 12.1 Å². The predicted molar refractivity (Wildman–Crippen MR) is 78.9 cm³/mol. The number of ether oxygens (including phenoxy) is 1. The van der Waals surface area contributed by atoms with E-state index in [1.54, 1.807) is 0 Å². The van der Waals surface area contributed by atoms with Crippen molar-refractivity contribution in [1.29, 1.82) is 0 Å². The molecule has 0 spiro atoms. The minimum atomic E-state index is -0.353. The molecule has 112 valence electrons. The molecular weight excluding hydrogens is 270 g/mol. The highest BCUT2D eigenvalue weighted by Gasteiger charge is 2.14. The molecule has 0 aliphatic heterocycles. The molecule has 0 bridgehead atoms. The summed E-state index contributed by atoms with van der Waals surface area (Å²) in [5, 5.41) is 8.91. The fraction of sp³-hybridized carbons (Fsp3) is 0.357. The maximum atomic E-state index is 11.9. The number of nitrogens with two attached hydrogens (primary N) is 1. The number of rotatable bonds is 5. The molecular formula is C14H19N5O2. The van der Waals surface area contributed by atoms with Gasteiger partial charge < -0.3 is 15.8 Å². The van der Waals surface area contributed by atoms with E-state index in [0.29, 0.717) is 0 Å². The molecule has 0 fully saturated rings. The van der Waals surface area contributed by atoms with Gasteiger partial charge in [-0.3, -0.25) is 9.89 Å². The third kappa shape index (κ3) is 3.95. The van der Waals surface area contributed by atoms with Gasteiger partial charge in [0.2, 0.25) is 11.8 Å². The fourth-order valence-corrected chi connectivity index (χ4v) is 1.83. The van der Waals surface area contributed by atoms with E-state index >= 15 is 0 Å². The van der Waals surface area contributed by atoms with E-state index in [1.165, 1.54) is 0 Å². The van der Waals surface area contributed by atoms with E-state index in [2.05, 4.69) is 20.5 Å². The van der Waals surface area contributed by atoms with Crippen LogP contribution in [0.4, 0.5) is 5.95 Å². The number of nitrogen functional groups attached to an aromatic ring is 1. The van der Waals surface area contributed by atoms with Crippen molar-refractivity contribution in [3.63, 3.8) is 0 Å². The normalized spacial score (nSPS) is 12.2. The molecule has 7 heteroatoms. The zero-order chi connectivity index (χ0) is 15.4. The Morgan fingerprint density at radius 1 is 1.29 bits per heavy atom. The van der Waals surface area contributed by atoms with Gasteiger partial charge in [-0.05, 0) is 38.5 Å². The van der Waals surface area contributed by atoms with Crippen LogP contribution in [-0.2, 0) is 0 Å². The number of H-pyrrole nitrogens is 1. The minimum absolute atomic E-state index is 0.0444. The number of amides is 1. The second-order valence-electron chi connectivity index (χ2n) is 4.97. The summed E-state index contributed by atoms with van der Waals surface area (Å²) < 4.78 is 5.58. The zero-order valence-corrected chi connectivity index (χ0v) is 12.3. The number of anilines is 1. The third-order valence-corrected chi connectivity index (χ3v) is 2.82. The van der Waals surface area contributed by atoms with Crippen LogP contribution in [0.25, 0.3) is 0 Å². The monoisotopic (exact) mass is 289 g/mol. The lowest BCUT2D eigenvalue weighted by atomic mass is 10.1. The second kappa shape index (κ2) is 6.25. The first-order valence-corrected chi connectivity index (χ1v) is 6.71. The van der Waals surface area contributed by atoms with Crippen LogP contribution < -0.4 is 15.8 Å². The van der Waals surface area contributed by atoms with E-state index < -0.39 is 0 Å². The molecule has 2 aromatic rings. The van der Waals surface area contributed by atoms with Gasteiger partial charge >= 0.3 is 0 Å². The van der Waals surface area contributed by atoms with Crippen molar-refractivity contribution in [2.24, 2.45) is 0 Å². The summed E-state index contributed by atoms with van der Waals surface area (Å²) in [4.78, 5) is 15.7. The molecule has 2 rings (SSSR count). The van der Waals surface area contributed by atoms with Crippen LogP contribution in [0, 0.1) is 0 Å². The molecule has 1 atom stereocenters. The molecule has 0 aliphatic rings. The number of aromatic nitrogens is 3. The molecule has 0 aliphatic carbocycles. The smallest absolute Gasteiger partial charge is 0.289 e. The van der Waals surface area contributed by atoms with Crippen LogP contribution in [0.5, 0.6) is 5.75 Å². The Hall–Kier alpha value is -2.57. The largest absolute Gasteiger partial charge is 0.491 e. The standard InChI is InChI=1S/C14H19N5O2/c1-8(2)21-11-6-4-10(5-7-11)9(3)16-13(20)12-17-14(15)19-18-12/h4-9H,1-3H3,(H,16,20)(H3,15,17,18,19). The summed E-state index contributed by atoms with van der Waals surface area (Å²) in [6, 6.07) is 7.42. The highest BCUT2D eigenvalue weighted by atomic mass is 16.5. The third-order valence-electron chi connectivity index (χ3n) is 2.82. The Kier molecular flexibility index (Phi) is 4.42. The summed E-state index contributed by atoms with van der Waals surface area (Å²) in [6.07, 6.45) is 0.130. The predicted octanol–water partition coefficient (Wildman–Crippen LogP) is 1.67. The van der Waals surface area contributed by atoms with Crippen molar-refractivity contribution in [3.05, 3.63) is 35.7 Å². The van der Waals surface area contributed by atoms with E-state index in [-0.39, 0.29) is 29.8 Å². The average Bonchev–Trinajstić information content (AvgIpc) is 2.85. The van der Waals surface area contributed by atoms with Gasteiger partial charge in [-0.15, -0.1) is 5.10 Å². The summed E-state index contributed by atoms with van der Waals surface area (Å²) in [6.45, 7) is 5.83. The Labute approximate surface area is 122 Å². The van der Waals surface area contributed by atoms with Crippen molar-refractivity contribution in [2.75, 3.05) is 5.73 Å².